The van der Waals surface area contributed by atoms with Crippen molar-refractivity contribution < 1.29 is 9.90 Å². The molecule has 0 bridgehead atoms. The number of aromatic nitrogens is 2. The highest BCUT2D eigenvalue weighted by molar-refractivity contribution is 6.04. The van der Waals surface area contributed by atoms with Gasteiger partial charge in [0.05, 0.1) is 17.5 Å². The van der Waals surface area contributed by atoms with Gasteiger partial charge in [0.15, 0.2) is 5.69 Å². The second-order valence-electron chi connectivity index (χ2n) is 5.63. The van der Waals surface area contributed by atoms with E-state index >= 15 is 0 Å². The summed E-state index contributed by atoms with van der Waals surface area (Å²) in [5.74, 6) is -0.228. The van der Waals surface area contributed by atoms with Gasteiger partial charge in [0.1, 0.15) is 0 Å². The minimum Gasteiger partial charge on any atom is -0.393 e. The Hall–Kier alpha value is -2.34. The van der Waals surface area contributed by atoms with E-state index in [9.17, 15) is 9.90 Å². The van der Waals surface area contributed by atoms with Gasteiger partial charge in [0.25, 0.3) is 5.91 Å². The second kappa shape index (κ2) is 6.19. The van der Waals surface area contributed by atoms with Gasteiger partial charge in [-0.1, -0.05) is 12.1 Å². The Kier molecular flexibility index (Phi) is 4.11. The molecule has 1 aliphatic rings. The number of benzene rings is 1. The Morgan fingerprint density at radius 2 is 2.09 bits per heavy atom. The number of aromatic amines is 1. The summed E-state index contributed by atoms with van der Waals surface area (Å²) in [5.41, 5.74) is 2.98. The highest BCUT2D eigenvalue weighted by atomic mass is 16.3. The Morgan fingerprint density at radius 1 is 1.36 bits per heavy atom. The van der Waals surface area contributed by atoms with E-state index in [1.807, 2.05) is 31.2 Å². The maximum Gasteiger partial charge on any atom is 0.276 e. The van der Waals surface area contributed by atoms with Gasteiger partial charge in [-0.3, -0.25) is 9.89 Å². The number of amides is 1. The van der Waals surface area contributed by atoms with Gasteiger partial charge < -0.3 is 15.3 Å². The molecule has 22 heavy (non-hydrogen) atoms. The number of piperidine rings is 1. The first-order valence-corrected chi connectivity index (χ1v) is 7.49. The smallest absolute Gasteiger partial charge is 0.276 e. The molecule has 1 aromatic heterocycles. The third kappa shape index (κ3) is 3.12. The first-order chi connectivity index (χ1) is 10.6. The number of aliphatic hydroxyl groups is 1. The van der Waals surface area contributed by atoms with Crippen molar-refractivity contribution >= 4 is 17.3 Å². The molecule has 3 N–H and O–H groups in total. The molecule has 6 nitrogen and oxygen atoms in total. The molecule has 6 heteroatoms. The molecule has 0 saturated carbocycles. The summed E-state index contributed by atoms with van der Waals surface area (Å²) < 4.78 is 0. The predicted molar refractivity (Wildman–Crippen MR) is 85.2 cm³/mol. The van der Waals surface area contributed by atoms with Crippen LogP contribution in [0.5, 0.6) is 0 Å². The van der Waals surface area contributed by atoms with Crippen LogP contribution >= 0.6 is 0 Å². The van der Waals surface area contributed by atoms with Crippen LogP contribution in [0.2, 0.25) is 0 Å². The lowest BCUT2D eigenvalue weighted by Gasteiger charge is -2.32. The number of anilines is 2. The molecular formula is C16H20N4O2. The summed E-state index contributed by atoms with van der Waals surface area (Å²) in [6, 6.07) is 9.44. The van der Waals surface area contributed by atoms with Crippen molar-refractivity contribution in [2.75, 3.05) is 23.3 Å². The highest BCUT2D eigenvalue weighted by Gasteiger charge is 2.20. The van der Waals surface area contributed by atoms with Crippen molar-refractivity contribution in [2.24, 2.45) is 0 Å². The molecule has 1 aliphatic heterocycles. The largest absolute Gasteiger partial charge is 0.393 e. The average Bonchev–Trinajstić information content (AvgIpc) is 2.95. The topological polar surface area (TPSA) is 81.2 Å². The van der Waals surface area contributed by atoms with E-state index in [-0.39, 0.29) is 12.0 Å². The molecule has 0 atom stereocenters. The Balaban J connectivity index is 1.78. The van der Waals surface area contributed by atoms with E-state index < -0.39 is 0 Å². The molecule has 116 valence electrons. The molecule has 0 unspecified atom stereocenters. The number of para-hydroxylation sites is 2. The van der Waals surface area contributed by atoms with Gasteiger partial charge in [-0.2, -0.15) is 5.10 Å². The van der Waals surface area contributed by atoms with Gasteiger partial charge in [-0.05, 0) is 38.0 Å². The fraction of sp³-hybridized carbons (Fsp3) is 0.375. The summed E-state index contributed by atoms with van der Waals surface area (Å²) >= 11 is 0. The van der Waals surface area contributed by atoms with E-state index in [0.29, 0.717) is 5.69 Å². The molecule has 0 spiro atoms. The Morgan fingerprint density at radius 3 is 2.77 bits per heavy atom. The van der Waals surface area contributed by atoms with E-state index in [0.717, 1.165) is 43.0 Å². The molecule has 2 aromatic rings. The van der Waals surface area contributed by atoms with Crippen LogP contribution in [0, 0.1) is 6.92 Å². The zero-order valence-electron chi connectivity index (χ0n) is 12.5. The van der Waals surface area contributed by atoms with Crippen molar-refractivity contribution in [3.63, 3.8) is 0 Å². The van der Waals surface area contributed by atoms with Crippen LogP contribution in [-0.4, -0.2) is 40.4 Å². The van der Waals surface area contributed by atoms with Gasteiger partial charge in [-0.15, -0.1) is 0 Å². The number of hydrogen-bond donors (Lipinski definition) is 3. The maximum absolute atomic E-state index is 12.3. The average molecular weight is 300 g/mol. The molecule has 0 radical (unpaired) electrons. The fourth-order valence-corrected chi connectivity index (χ4v) is 2.68. The van der Waals surface area contributed by atoms with E-state index in [1.54, 1.807) is 6.07 Å². The Labute approximate surface area is 129 Å². The third-order valence-electron chi connectivity index (χ3n) is 3.90. The molecule has 1 saturated heterocycles. The lowest BCUT2D eigenvalue weighted by Crippen LogP contribution is -2.36. The number of carbonyl (C=O) groups excluding carboxylic acids is 1. The number of aryl methyl sites for hydroxylation is 1. The number of H-pyrrole nitrogens is 1. The molecule has 1 amide bonds. The highest BCUT2D eigenvalue weighted by Crippen LogP contribution is 2.28. The second-order valence-corrected chi connectivity index (χ2v) is 5.63. The zero-order valence-corrected chi connectivity index (χ0v) is 12.5. The summed E-state index contributed by atoms with van der Waals surface area (Å²) in [6.07, 6.45) is 1.28. The monoisotopic (exact) mass is 300 g/mol. The molecule has 3 rings (SSSR count). The summed E-state index contributed by atoms with van der Waals surface area (Å²) in [7, 11) is 0. The molecular weight excluding hydrogens is 280 g/mol. The first-order valence-electron chi connectivity index (χ1n) is 7.49. The fourth-order valence-electron chi connectivity index (χ4n) is 2.68. The summed E-state index contributed by atoms with van der Waals surface area (Å²) in [6.45, 7) is 3.43. The van der Waals surface area contributed by atoms with Gasteiger partial charge >= 0.3 is 0 Å². The van der Waals surface area contributed by atoms with Gasteiger partial charge in [0.2, 0.25) is 0 Å². The number of carbonyl (C=O) groups is 1. The zero-order chi connectivity index (χ0) is 15.5. The van der Waals surface area contributed by atoms with Crippen LogP contribution in [0.15, 0.2) is 30.3 Å². The third-order valence-corrected chi connectivity index (χ3v) is 3.90. The maximum atomic E-state index is 12.3. The van der Waals surface area contributed by atoms with Crippen LogP contribution in [0.4, 0.5) is 11.4 Å². The van der Waals surface area contributed by atoms with Crippen molar-refractivity contribution in [3.8, 4) is 0 Å². The van der Waals surface area contributed by atoms with E-state index in [2.05, 4.69) is 20.4 Å². The van der Waals surface area contributed by atoms with Crippen molar-refractivity contribution in [1.82, 2.24) is 10.2 Å². The molecule has 0 aliphatic carbocycles. The quantitative estimate of drug-likeness (QED) is 0.809. The van der Waals surface area contributed by atoms with Crippen molar-refractivity contribution in [3.05, 3.63) is 41.7 Å². The summed E-state index contributed by atoms with van der Waals surface area (Å²) in [4.78, 5) is 14.5. The number of rotatable bonds is 3. The molecule has 1 aromatic carbocycles. The Bertz CT molecular complexity index is 660. The van der Waals surface area contributed by atoms with Crippen LogP contribution < -0.4 is 10.2 Å². The van der Waals surface area contributed by atoms with Gasteiger partial charge in [0, 0.05) is 18.8 Å². The van der Waals surface area contributed by atoms with Crippen molar-refractivity contribution in [2.45, 2.75) is 25.9 Å². The number of nitrogens with zero attached hydrogens (tertiary/aromatic N) is 2. The van der Waals surface area contributed by atoms with Crippen molar-refractivity contribution in [1.29, 1.82) is 0 Å². The molecule has 2 heterocycles. The van der Waals surface area contributed by atoms with Crippen LogP contribution in [0.25, 0.3) is 0 Å². The van der Waals surface area contributed by atoms with Crippen LogP contribution in [-0.2, 0) is 0 Å². The lowest BCUT2D eigenvalue weighted by atomic mass is 10.1. The SMILES string of the molecule is Cc1cc(C(=O)Nc2ccccc2N2CCC(O)CC2)n[nH]1. The molecule has 1 fully saturated rings. The summed E-state index contributed by atoms with van der Waals surface area (Å²) in [5, 5.41) is 19.3. The van der Waals surface area contributed by atoms with E-state index in [1.165, 1.54) is 0 Å². The van der Waals surface area contributed by atoms with E-state index in [4.69, 9.17) is 0 Å². The minimum absolute atomic E-state index is 0.218. The predicted octanol–water partition coefficient (Wildman–Crippen LogP) is 1.93. The minimum atomic E-state index is -0.228. The number of aliphatic hydroxyl groups excluding tert-OH is 1. The first kappa shape index (κ1) is 14.6. The van der Waals surface area contributed by atoms with Crippen LogP contribution in [0.3, 0.4) is 0 Å². The normalized spacial score (nSPS) is 15.8. The van der Waals surface area contributed by atoms with Gasteiger partial charge in [-0.25, -0.2) is 0 Å². The number of nitrogens with one attached hydrogen (secondary N) is 2. The number of hydrogen-bond acceptors (Lipinski definition) is 4. The van der Waals surface area contributed by atoms with Crippen LogP contribution in [0.1, 0.15) is 29.0 Å². The standard InChI is InChI=1S/C16H20N4O2/c1-11-10-14(19-18-11)16(22)17-13-4-2-3-5-15(13)20-8-6-12(21)7-9-20/h2-5,10,12,21H,6-9H2,1H3,(H,17,22)(H,18,19). The lowest BCUT2D eigenvalue weighted by molar-refractivity contribution is 0.102.